The van der Waals surface area contributed by atoms with Gasteiger partial charge < -0.3 is 4.57 Å². The van der Waals surface area contributed by atoms with Gasteiger partial charge in [0, 0.05) is 5.56 Å². The second-order valence-corrected chi connectivity index (χ2v) is 5.79. The molecule has 0 saturated heterocycles. The van der Waals surface area contributed by atoms with Crippen LogP contribution < -0.4 is 0 Å². The fraction of sp³-hybridized carbons (Fsp3) is 0.438. The minimum Gasteiger partial charge on any atom is -0.323 e. The molecule has 3 atom stereocenters. The number of imidazole rings is 1. The molecule has 1 aliphatic heterocycles. The Labute approximate surface area is 108 Å². The maximum absolute atomic E-state index is 4.35. The van der Waals surface area contributed by atoms with Crippen LogP contribution in [0.5, 0.6) is 0 Å². The van der Waals surface area contributed by atoms with Gasteiger partial charge in [-0.05, 0) is 23.8 Å². The molecule has 1 saturated carbocycles. The molecule has 1 aliphatic carbocycles. The molecule has 0 amide bonds. The first-order valence-electron chi connectivity index (χ1n) is 6.97. The lowest BCUT2D eigenvalue weighted by molar-refractivity contribution is 0.321. The monoisotopic (exact) mass is 238 g/mol. The summed E-state index contributed by atoms with van der Waals surface area (Å²) in [6.07, 6.45) is 8.16. The van der Waals surface area contributed by atoms with Crippen LogP contribution in [-0.2, 0) is 0 Å². The molecule has 4 rings (SSSR count). The second kappa shape index (κ2) is 3.71. The lowest BCUT2D eigenvalue weighted by atomic mass is 9.86. The van der Waals surface area contributed by atoms with Crippen molar-refractivity contribution >= 4 is 0 Å². The number of hydrogen-bond donors (Lipinski definition) is 0. The van der Waals surface area contributed by atoms with E-state index in [0.29, 0.717) is 6.04 Å². The van der Waals surface area contributed by atoms with Crippen molar-refractivity contribution in [1.82, 2.24) is 9.55 Å². The van der Waals surface area contributed by atoms with Gasteiger partial charge in [0.15, 0.2) is 0 Å². The van der Waals surface area contributed by atoms with Crippen LogP contribution in [0.15, 0.2) is 36.8 Å². The quantitative estimate of drug-likeness (QED) is 0.737. The minimum atomic E-state index is 0.524. The molecule has 0 bridgehead atoms. The van der Waals surface area contributed by atoms with E-state index in [2.05, 4.69) is 40.7 Å². The predicted molar refractivity (Wildman–Crippen MR) is 72.3 cm³/mol. The highest BCUT2D eigenvalue weighted by molar-refractivity contribution is 5.69. The Morgan fingerprint density at radius 3 is 2.94 bits per heavy atom. The molecule has 1 aromatic heterocycles. The van der Waals surface area contributed by atoms with Crippen molar-refractivity contribution in [3.05, 3.63) is 42.4 Å². The van der Waals surface area contributed by atoms with Crippen molar-refractivity contribution < 1.29 is 0 Å². The molecule has 2 aliphatic rings. The third-order valence-corrected chi connectivity index (χ3v) is 4.85. The molecule has 2 heteroatoms. The molecule has 0 N–H and O–H groups in total. The van der Waals surface area contributed by atoms with Crippen molar-refractivity contribution in [3.8, 4) is 11.3 Å². The first-order valence-corrected chi connectivity index (χ1v) is 6.97. The largest absolute Gasteiger partial charge is 0.323 e. The molecule has 92 valence electrons. The normalized spacial score (nSPS) is 29.3. The van der Waals surface area contributed by atoms with Crippen LogP contribution in [0.3, 0.4) is 0 Å². The van der Waals surface area contributed by atoms with Gasteiger partial charge in [-0.2, -0.15) is 0 Å². The van der Waals surface area contributed by atoms with Gasteiger partial charge in [-0.3, -0.25) is 0 Å². The first kappa shape index (κ1) is 10.4. The maximum atomic E-state index is 4.35. The molecule has 0 spiro atoms. The van der Waals surface area contributed by atoms with E-state index in [4.69, 9.17) is 0 Å². The summed E-state index contributed by atoms with van der Waals surface area (Å²) in [7, 11) is 0. The molecule has 2 nitrogen and oxygen atoms in total. The summed E-state index contributed by atoms with van der Waals surface area (Å²) in [5.41, 5.74) is 4.20. The third kappa shape index (κ3) is 1.26. The van der Waals surface area contributed by atoms with Crippen LogP contribution in [0.25, 0.3) is 11.3 Å². The number of hydrogen-bond acceptors (Lipinski definition) is 1. The van der Waals surface area contributed by atoms with Gasteiger partial charge in [-0.1, -0.05) is 44.0 Å². The van der Waals surface area contributed by atoms with E-state index in [1.807, 2.05) is 12.5 Å². The molecule has 1 aromatic carbocycles. The molecular formula is C16H18N2. The molecule has 2 heterocycles. The summed E-state index contributed by atoms with van der Waals surface area (Å²) < 4.78 is 2.40. The highest BCUT2D eigenvalue weighted by atomic mass is 15.1. The molecule has 1 fully saturated rings. The summed E-state index contributed by atoms with van der Waals surface area (Å²) in [5, 5.41) is 0. The smallest absolute Gasteiger partial charge is 0.0956 e. The van der Waals surface area contributed by atoms with Gasteiger partial charge >= 0.3 is 0 Å². The van der Waals surface area contributed by atoms with Gasteiger partial charge in [0.05, 0.1) is 24.3 Å². The van der Waals surface area contributed by atoms with E-state index in [0.717, 1.165) is 11.8 Å². The molecule has 18 heavy (non-hydrogen) atoms. The van der Waals surface area contributed by atoms with Gasteiger partial charge in [0.2, 0.25) is 0 Å². The van der Waals surface area contributed by atoms with Crippen LogP contribution in [-0.4, -0.2) is 9.55 Å². The van der Waals surface area contributed by atoms with Gasteiger partial charge in [0.1, 0.15) is 0 Å². The zero-order valence-corrected chi connectivity index (χ0v) is 10.7. The van der Waals surface area contributed by atoms with E-state index in [-0.39, 0.29) is 0 Å². The topological polar surface area (TPSA) is 17.8 Å². The van der Waals surface area contributed by atoms with E-state index in [1.165, 1.54) is 36.1 Å². The highest BCUT2D eigenvalue weighted by Crippen LogP contribution is 2.49. The molecule has 2 aromatic rings. The van der Waals surface area contributed by atoms with Crippen molar-refractivity contribution in [3.63, 3.8) is 0 Å². The Morgan fingerprint density at radius 2 is 2.11 bits per heavy atom. The van der Waals surface area contributed by atoms with Crippen LogP contribution in [0, 0.1) is 11.8 Å². The van der Waals surface area contributed by atoms with Crippen molar-refractivity contribution in [2.24, 2.45) is 11.8 Å². The Hall–Kier alpha value is -1.57. The first-order chi connectivity index (χ1) is 8.86. The van der Waals surface area contributed by atoms with Crippen molar-refractivity contribution in [2.45, 2.75) is 32.2 Å². The SMILES string of the molecule is C[C@H]1CCC[C@H]1[C@@H]1c2ccccc2-c2cncn21. The lowest BCUT2D eigenvalue weighted by Crippen LogP contribution is -2.19. The van der Waals surface area contributed by atoms with Crippen LogP contribution in [0.1, 0.15) is 37.8 Å². The standard InChI is InChI=1S/C16H18N2/c1-11-5-4-8-12(11)16-14-7-3-2-6-13(14)15-9-17-10-18(15)16/h2-3,6-7,9-12,16H,4-5,8H2,1H3/t11-,12+,16+/m0/s1. The maximum Gasteiger partial charge on any atom is 0.0956 e. The summed E-state index contributed by atoms with van der Waals surface area (Å²) in [6.45, 7) is 2.41. The van der Waals surface area contributed by atoms with Gasteiger partial charge in [-0.15, -0.1) is 0 Å². The summed E-state index contributed by atoms with van der Waals surface area (Å²) >= 11 is 0. The fourth-order valence-electron chi connectivity index (χ4n) is 3.95. The summed E-state index contributed by atoms with van der Waals surface area (Å²) in [4.78, 5) is 4.35. The van der Waals surface area contributed by atoms with E-state index in [1.54, 1.807) is 0 Å². The molecule has 0 unspecified atom stereocenters. The average molecular weight is 238 g/mol. The number of fused-ring (bicyclic) bond motifs is 3. The number of rotatable bonds is 1. The van der Waals surface area contributed by atoms with E-state index in [9.17, 15) is 0 Å². The molecule has 0 radical (unpaired) electrons. The van der Waals surface area contributed by atoms with Crippen LogP contribution in [0.4, 0.5) is 0 Å². The Bertz CT molecular complexity index is 584. The highest BCUT2D eigenvalue weighted by Gasteiger charge is 2.38. The Morgan fingerprint density at radius 1 is 1.22 bits per heavy atom. The average Bonchev–Trinajstić information content (AvgIpc) is 3.05. The second-order valence-electron chi connectivity index (χ2n) is 5.79. The molecular weight excluding hydrogens is 220 g/mol. The van der Waals surface area contributed by atoms with E-state index < -0.39 is 0 Å². The van der Waals surface area contributed by atoms with Crippen LogP contribution >= 0.6 is 0 Å². The van der Waals surface area contributed by atoms with Crippen molar-refractivity contribution in [2.75, 3.05) is 0 Å². The van der Waals surface area contributed by atoms with Gasteiger partial charge in [0.25, 0.3) is 0 Å². The predicted octanol–water partition coefficient (Wildman–Crippen LogP) is 3.89. The number of benzene rings is 1. The minimum absolute atomic E-state index is 0.524. The summed E-state index contributed by atoms with van der Waals surface area (Å²) in [5.74, 6) is 1.61. The Balaban J connectivity index is 1.89. The van der Waals surface area contributed by atoms with Crippen molar-refractivity contribution in [1.29, 1.82) is 0 Å². The summed E-state index contributed by atoms with van der Waals surface area (Å²) in [6, 6.07) is 9.37. The Kier molecular flexibility index (Phi) is 2.14. The number of nitrogens with zero attached hydrogens (tertiary/aromatic N) is 2. The zero-order valence-electron chi connectivity index (χ0n) is 10.7. The van der Waals surface area contributed by atoms with Gasteiger partial charge in [-0.25, -0.2) is 4.98 Å². The lowest BCUT2D eigenvalue weighted by Gasteiger charge is -2.25. The van der Waals surface area contributed by atoms with E-state index >= 15 is 0 Å². The number of aromatic nitrogens is 2. The zero-order chi connectivity index (χ0) is 12.1. The third-order valence-electron chi connectivity index (χ3n) is 4.85. The fourth-order valence-corrected chi connectivity index (χ4v) is 3.95. The van der Waals surface area contributed by atoms with Crippen LogP contribution in [0.2, 0.25) is 0 Å².